The lowest BCUT2D eigenvalue weighted by Gasteiger charge is -2.11. The van der Waals surface area contributed by atoms with Crippen LogP contribution in [-0.4, -0.2) is 48.6 Å². The summed E-state index contributed by atoms with van der Waals surface area (Å²) >= 11 is 1.33. The van der Waals surface area contributed by atoms with E-state index in [9.17, 15) is 4.79 Å². The minimum Gasteiger partial charge on any atom is -0.376 e. The SMILES string of the molecule is CN(C)c1nsc(-c2cccc(C(=O)NC[C@@H]3CCCO3)c2)n1. The number of hydrogen-bond acceptors (Lipinski definition) is 6. The van der Waals surface area contributed by atoms with Gasteiger partial charge < -0.3 is 15.0 Å². The van der Waals surface area contributed by atoms with Gasteiger partial charge in [-0.15, -0.1) is 0 Å². The Bertz CT molecular complexity index is 680. The number of ether oxygens (including phenoxy) is 1. The van der Waals surface area contributed by atoms with Gasteiger partial charge in [0.25, 0.3) is 5.91 Å². The highest BCUT2D eigenvalue weighted by atomic mass is 32.1. The van der Waals surface area contributed by atoms with Crippen molar-refractivity contribution < 1.29 is 9.53 Å². The van der Waals surface area contributed by atoms with E-state index in [1.54, 1.807) is 0 Å². The van der Waals surface area contributed by atoms with Crippen LogP contribution in [0, 0.1) is 0 Å². The van der Waals surface area contributed by atoms with Gasteiger partial charge in [0.05, 0.1) is 6.10 Å². The Morgan fingerprint density at radius 2 is 2.35 bits per heavy atom. The highest BCUT2D eigenvalue weighted by Crippen LogP contribution is 2.24. The van der Waals surface area contributed by atoms with Crippen LogP contribution in [0.4, 0.5) is 5.95 Å². The van der Waals surface area contributed by atoms with E-state index in [1.807, 2.05) is 43.3 Å². The van der Waals surface area contributed by atoms with E-state index in [1.165, 1.54) is 11.5 Å². The standard InChI is InChI=1S/C16H20N4O2S/c1-20(2)16-18-15(23-19-16)12-6-3-5-11(9-12)14(21)17-10-13-7-4-8-22-13/h3,5-6,9,13H,4,7-8,10H2,1-2H3,(H,17,21)/t13-/m0/s1. The topological polar surface area (TPSA) is 67.4 Å². The number of aromatic nitrogens is 2. The highest BCUT2D eigenvalue weighted by Gasteiger charge is 2.17. The summed E-state index contributed by atoms with van der Waals surface area (Å²) in [7, 11) is 3.81. The van der Waals surface area contributed by atoms with Crippen LogP contribution < -0.4 is 10.2 Å². The van der Waals surface area contributed by atoms with Crippen LogP contribution in [-0.2, 0) is 4.74 Å². The van der Waals surface area contributed by atoms with Crippen molar-refractivity contribution in [2.24, 2.45) is 0 Å². The summed E-state index contributed by atoms with van der Waals surface area (Å²) in [6.45, 7) is 1.36. The highest BCUT2D eigenvalue weighted by molar-refractivity contribution is 7.09. The fraction of sp³-hybridized carbons (Fsp3) is 0.438. The quantitative estimate of drug-likeness (QED) is 0.909. The number of carbonyl (C=O) groups is 1. The van der Waals surface area contributed by atoms with E-state index in [0.717, 1.165) is 30.0 Å². The summed E-state index contributed by atoms with van der Waals surface area (Å²) < 4.78 is 9.82. The molecule has 7 heteroatoms. The monoisotopic (exact) mass is 332 g/mol. The molecular formula is C16H20N4O2S. The van der Waals surface area contributed by atoms with E-state index < -0.39 is 0 Å². The van der Waals surface area contributed by atoms with Gasteiger partial charge in [0.1, 0.15) is 5.01 Å². The van der Waals surface area contributed by atoms with Crippen molar-refractivity contribution in [1.29, 1.82) is 0 Å². The summed E-state index contributed by atoms with van der Waals surface area (Å²) in [6.07, 6.45) is 2.23. The van der Waals surface area contributed by atoms with Crippen molar-refractivity contribution in [2.45, 2.75) is 18.9 Å². The molecule has 1 amide bonds. The molecule has 1 aromatic heterocycles. The molecule has 1 N–H and O–H groups in total. The zero-order valence-corrected chi connectivity index (χ0v) is 14.1. The smallest absolute Gasteiger partial charge is 0.251 e. The number of hydrogen-bond donors (Lipinski definition) is 1. The van der Waals surface area contributed by atoms with Crippen LogP contribution in [0.3, 0.4) is 0 Å². The zero-order valence-electron chi connectivity index (χ0n) is 13.3. The maximum absolute atomic E-state index is 12.3. The molecule has 1 atom stereocenters. The molecule has 0 aliphatic carbocycles. The van der Waals surface area contributed by atoms with E-state index in [0.29, 0.717) is 18.1 Å². The number of rotatable bonds is 5. The molecule has 0 saturated carbocycles. The molecular weight excluding hydrogens is 312 g/mol. The molecule has 0 unspecified atom stereocenters. The second kappa shape index (κ2) is 7.06. The Morgan fingerprint density at radius 3 is 3.04 bits per heavy atom. The summed E-state index contributed by atoms with van der Waals surface area (Å²) in [5.74, 6) is 0.595. The Labute approximate surface area is 139 Å². The second-order valence-corrected chi connectivity index (χ2v) is 6.47. The summed E-state index contributed by atoms with van der Waals surface area (Å²) in [5, 5.41) is 3.75. The molecule has 2 heterocycles. The maximum Gasteiger partial charge on any atom is 0.251 e. The van der Waals surface area contributed by atoms with E-state index in [-0.39, 0.29) is 12.0 Å². The molecule has 1 aromatic carbocycles. The van der Waals surface area contributed by atoms with Crippen LogP contribution in [0.2, 0.25) is 0 Å². The first-order chi connectivity index (χ1) is 11.1. The van der Waals surface area contributed by atoms with Crippen molar-refractivity contribution in [3.05, 3.63) is 29.8 Å². The Balaban J connectivity index is 1.69. The van der Waals surface area contributed by atoms with E-state index >= 15 is 0 Å². The van der Waals surface area contributed by atoms with E-state index in [2.05, 4.69) is 14.7 Å². The largest absolute Gasteiger partial charge is 0.376 e. The molecule has 3 rings (SSSR count). The van der Waals surface area contributed by atoms with Gasteiger partial charge in [0, 0.05) is 38.4 Å². The van der Waals surface area contributed by atoms with Crippen molar-refractivity contribution in [2.75, 3.05) is 32.1 Å². The van der Waals surface area contributed by atoms with Gasteiger partial charge in [-0.25, -0.2) is 0 Å². The molecule has 23 heavy (non-hydrogen) atoms. The number of benzene rings is 1. The number of carbonyl (C=O) groups excluding carboxylic acids is 1. The van der Waals surface area contributed by atoms with Crippen LogP contribution in [0.5, 0.6) is 0 Å². The minimum absolute atomic E-state index is 0.0836. The van der Waals surface area contributed by atoms with Gasteiger partial charge in [-0.2, -0.15) is 9.36 Å². The third-order valence-electron chi connectivity index (χ3n) is 3.70. The van der Waals surface area contributed by atoms with Gasteiger partial charge >= 0.3 is 0 Å². The number of nitrogens with zero attached hydrogens (tertiary/aromatic N) is 3. The minimum atomic E-state index is -0.0836. The Kier molecular flexibility index (Phi) is 4.88. The number of amides is 1. The average molecular weight is 332 g/mol. The predicted molar refractivity (Wildman–Crippen MR) is 91.0 cm³/mol. The first kappa shape index (κ1) is 15.9. The fourth-order valence-electron chi connectivity index (χ4n) is 2.42. The van der Waals surface area contributed by atoms with Gasteiger partial charge in [-0.05, 0) is 36.5 Å². The Hall–Kier alpha value is -1.99. The maximum atomic E-state index is 12.3. The molecule has 2 aromatic rings. The van der Waals surface area contributed by atoms with Crippen LogP contribution >= 0.6 is 11.5 Å². The zero-order chi connectivity index (χ0) is 16.2. The fourth-order valence-corrected chi connectivity index (χ4v) is 3.15. The molecule has 1 aliphatic heterocycles. The first-order valence-electron chi connectivity index (χ1n) is 7.65. The summed E-state index contributed by atoms with van der Waals surface area (Å²) in [4.78, 5) is 18.6. The molecule has 6 nitrogen and oxygen atoms in total. The normalized spacial score (nSPS) is 17.2. The molecule has 122 valence electrons. The second-order valence-electron chi connectivity index (χ2n) is 5.72. The molecule has 0 bridgehead atoms. The Morgan fingerprint density at radius 1 is 1.48 bits per heavy atom. The lowest BCUT2D eigenvalue weighted by atomic mass is 10.1. The van der Waals surface area contributed by atoms with Gasteiger partial charge in [-0.1, -0.05) is 12.1 Å². The van der Waals surface area contributed by atoms with Gasteiger partial charge in [0.2, 0.25) is 5.95 Å². The lowest BCUT2D eigenvalue weighted by Crippen LogP contribution is -2.31. The van der Waals surface area contributed by atoms with Gasteiger partial charge in [0.15, 0.2) is 0 Å². The molecule has 1 fully saturated rings. The third kappa shape index (κ3) is 3.86. The van der Waals surface area contributed by atoms with Crippen LogP contribution in [0.1, 0.15) is 23.2 Å². The van der Waals surface area contributed by atoms with Crippen molar-refractivity contribution in [3.63, 3.8) is 0 Å². The number of anilines is 1. The van der Waals surface area contributed by atoms with Crippen LogP contribution in [0.25, 0.3) is 10.6 Å². The van der Waals surface area contributed by atoms with Crippen molar-refractivity contribution in [1.82, 2.24) is 14.7 Å². The average Bonchev–Trinajstić information content (AvgIpc) is 3.24. The summed E-state index contributed by atoms with van der Waals surface area (Å²) in [6, 6.07) is 7.47. The lowest BCUT2D eigenvalue weighted by molar-refractivity contribution is 0.0858. The first-order valence-corrected chi connectivity index (χ1v) is 8.42. The van der Waals surface area contributed by atoms with Gasteiger partial charge in [-0.3, -0.25) is 4.79 Å². The molecule has 0 spiro atoms. The molecule has 1 saturated heterocycles. The van der Waals surface area contributed by atoms with Crippen LogP contribution in [0.15, 0.2) is 24.3 Å². The molecule has 1 aliphatic rings. The van der Waals surface area contributed by atoms with Crippen molar-refractivity contribution in [3.8, 4) is 10.6 Å². The molecule has 0 radical (unpaired) electrons. The number of nitrogens with one attached hydrogen (secondary N) is 1. The predicted octanol–water partition coefficient (Wildman–Crippen LogP) is 2.18. The van der Waals surface area contributed by atoms with Crippen molar-refractivity contribution >= 4 is 23.4 Å². The third-order valence-corrected chi connectivity index (χ3v) is 4.46. The summed E-state index contributed by atoms with van der Waals surface area (Å²) in [5.41, 5.74) is 1.53. The van der Waals surface area contributed by atoms with E-state index in [4.69, 9.17) is 4.74 Å².